The maximum atomic E-state index is 13.8. The lowest BCUT2D eigenvalue weighted by Crippen LogP contribution is -2.44. The second-order valence-corrected chi connectivity index (χ2v) is 8.26. The molecule has 8 heteroatoms. The lowest BCUT2D eigenvalue weighted by Gasteiger charge is -2.29. The van der Waals surface area contributed by atoms with Crippen LogP contribution in [0.15, 0.2) is 59.7 Å². The van der Waals surface area contributed by atoms with E-state index >= 15 is 0 Å². The molecule has 0 bridgehead atoms. The highest BCUT2D eigenvalue weighted by Crippen LogP contribution is 2.23. The Hall–Kier alpha value is -3.37. The third kappa shape index (κ3) is 4.78. The molecule has 2 N–H and O–H groups in total. The number of nitriles is 1. The summed E-state index contributed by atoms with van der Waals surface area (Å²) in [5, 5.41) is 16.0. The van der Waals surface area contributed by atoms with E-state index < -0.39 is 17.4 Å². The van der Waals surface area contributed by atoms with E-state index in [4.69, 9.17) is 11.6 Å². The summed E-state index contributed by atoms with van der Waals surface area (Å²) in [6, 6.07) is 12.7. The van der Waals surface area contributed by atoms with E-state index in [9.17, 15) is 14.4 Å². The Bertz CT molecular complexity index is 1140. The zero-order valence-electron chi connectivity index (χ0n) is 16.8. The van der Waals surface area contributed by atoms with E-state index in [0.717, 1.165) is 5.39 Å². The first-order valence-corrected chi connectivity index (χ1v) is 9.63. The minimum absolute atomic E-state index is 0.175. The van der Waals surface area contributed by atoms with E-state index in [2.05, 4.69) is 15.6 Å². The molecule has 1 unspecified atom stereocenters. The van der Waals surface area contributed by atoms with Gasteiger partial charge in [0.25, 0.3) is 5.91 Å². The molecule has 1 aromatic heterocycles. The van der Waals surface area contributed by atoms with Crippen molar-refractivity contribution in [1.82, 2.24) is 15.2 Å². The molecule has 0 radical (unpaired) electrons. The van der Waals surface area contributed by atoms with Crippen molar-refractivity contribution in [2.75, 3.05) is 0 Å². The van der Waals surface area contributed by atoms with Crippen LogP contribution in [0, 0.1) is 22.7 Å². The van der Waals surface area contributed by atoms with E-state index in [1.807, 2.05) is 27.0 Å². The fourth-order valence-corrected chi connectivity index (χ4v) is 2.99. The smallest absolute Gasteiger partial charge is 0.252 e. The highest BCUT2D eigenvalue weighted by Gasteiger charge is 2.27. The normalized spacial score (nSPS) is 13.0. The van der Waals surface area contributed by atoms with Crippen LogP contribution < -0.4 is 10.6 Å². The lowest BCUT2D eigenvalue weighted by atomic mass is 9.92. The first-order valence-electron chi connectivity index (χ1n) is 9.25. The Morgan fingerprint density at radius 2 is 1.90 bits per heavy atom. The van der Waals surface area contributed by atoms with Gasteiger partial charge in [-0.2, -0.15) is 5.26 Å². The number of aliphatic imine (C=N–C) groups is 1. The standard InChI is InChI=1S/C22H21ClFN5O/c1-22(2,3)20(27-19(30)15-4-7-16(23)8-5-15)28-21(26-13-25)29-11-10-14-6-9-17(24)12-18(14)29/h4-12,20H,1-3H3,(H,26,28)(H,27,30). The zero-order chi connectivity index (χ0) is 21.9. The number of carbonyl (C=O) groups is 1. The number of hydrogen-bond acceptors (Lipinski definition) is 3. The number of nitrogens with zero attached hydrogens (tertiary/aromatic N) is 3. The number of halogens is 2. The quantitative estimate of drug-likeness (QED) is 0.280. The van der Waals surface area contributed by atoms with Crippen LogP contribution in [0.5, 0.6) is 0 Å². The van der Waals surface area contributed by atoms with Crippen LogP contribution in [0.4, 0.5) is 4.39 Å². The van der Waals surface area contributed by atoms with Crippen LogP contribution >= 0.6 is 11.6 Å². The van der Waals surface area contributed by atoms with Gasteiger partial charge in [0.05, 0.1) is 5.52 Å². The molecule has 0 aliphatic carbocycles. The number of fused-ring (bicyclic) bond motifs is 1. The van der Waals surface area contributed by atoms with E-state index in [1.54, 1.807) is 47.2 Å². The van der Waals surface area contributed by atoms with Crippen molar-refractivity contribution in [3.8, 4) is 6.19 Å². The van der Waals surface area contributed by atoms with E-state index in [0.29, 0.717) is 16.1 Å². The number of rotatable bonds is 3. The number of hydrogen-bond donors (Lipinski definition) is 2. The Labute approximate surface area is 179 Å². The highest BCUT2D eigenvalue weighted by atomic mass is 35.5. The summed E-state index contributed by atoms with van der Waals surface area (Å²) >= 11 is 5.89. The second kappa shape index (κ2) is 8.56. The third-order valence-electron chi connectivity index (χ3n) is 4.50. The molecule has 1 atom stereocenters. The summed E-state index contributed by atoms with van der Waals surface area (Å²) in [5.74, 6) is -0.549. The maximum absolute atomic E-state index is 13.8. The SMILES string of the molecule is CC(C)(C)C(N=C(NC#N)n1ccc2ccc(F)cc21)NC(=O)c1ccc(Cl)cc1. The molecular formula is C22H21ClFN5O. The molecule has 3 rings (SSSR count). The molecule has 0 aliphatic rings. The van der Waals surface area contributed by atoms with Gasteiger partial charge in [-0.25, -0.2) is 9.38 Å². The molecule has 0 aliphatic heterocycles. The monoisotopic (exact) mass is 425 g/mol. The summed E-state index contributed by atoms with van der Waals surface area (Å²) in [7, 11) is 0. The summed E-state index contributed by atoms with van der Waals surface area (Å²) in [4.78, 5) is 17.3. The van der Waals surface area contributed by atoms with Gasteiger partial charge < -0.3 is 5.32 Å². The van der Waals surface area contributed by atoms with Crippen LogP contribution in [0.1, 0.15) is 31.1 Å². The summed E-state index contributed by atoms with van der Waals surface area (Å²) in [5.41, 5.74) is 0.513. The van der Waals surface area contributed by atoms with Gasteiger partial charge in [-0.05, 0) is 48.5 Å². The van der Waals surface area contributed by atoms with Crippen molar-refractivity contribution in [3.05, 3.63) is 71.1 Å². The zero-order valence-corrected chi connectivity index (χ0v) is 17.5. The van der Waals surface area contributed by atoms with Crippen molar-refractivity contribution >= 4 is 34.4 Å². The van der Waals surface area contributed by atoms with Crippen LogP contribution in [0.2, 0.25) is 5.02 Å². The molecule has 0 spiro atoms. The Morgan fingerprint density at radius 3 is 2.53 bits per heavy atom. The number of aromatic nitrogens is 1. The minimum atomic E-state index is -0.678. The first kappa shape index (κ1) is 21.3. The number of amides is 1. The van der Waals surface area contributed by atoms with Gasteiger partial charge in [0.2, 0.25) is 5.96 Å². The van der Waals surface area contributed by atoms with Crippen molar-refractivity contribution in [2.24, 2.45) is 10.4 Å². The Kier molecular flexibility index (Phi) is 6.09. The third-order valence-corrected chi connectivity index (χ3v) is 4.75. The average Bonchev–Trinajstić information content (AvgIpc) is 3.09. The summed E-state index contributed by atoms with van der Waals surface area (Å²) in [6.45, 7) is 5.75. The summed E-state index contributed by atoms with van der Waals surface area (Å²) < 4.78 is 15.4. The Morgan fingerprint density at radius 1 is 1.20 bits per heavy atom. The molecule has 3 aromatic rings. The van der Waals surface area contributed by atoms with Gasteiger partial charge in [-0.1, -0.05) is 32.4 Å². The van der Waals surface area contributed by atoms with Crippen molar-refractivity contribution in [3.63, 3.8) is 0 Å². The van der Waals surface area contributed by atoms with Gasteiger partial charge in [0.15, 0.2) is 6.19 Å². The largest absolute Gasteiger partial charge is 0.330 e. The molecule has 30 heavy (non-hydrogen) atoms. The number of benzene rings is 2. The van der Waals surface area contributed by atoms with Crippen LogP contribution in [-0.2, 0) is 0 Å². The highest BCUT2D eigenvalue weighted by molar-refractivity contribution is 6.30. The molecule has 0 fully saturated rings. The van der Waals surface area contributed by atoms with Crippen LogP contribution in [0.3, 0.4) is 0 Å². The predicted molar refractivity (Wildman–Crippen MR) is 116 cm³/mol. The van der Waals surface area contributed by atoms with Crippen LogP contribution in [0.25, 0.3) is 10.9 Å². The molecule has 0 saturated carbocycles. The molecule has 1 amide bonds. The topological polar surface area (TPSA) is 82.2 Å². The predicted octanol–water partition coefficient (Wildman–Crippen LogP) is 4.51. The molecule has 154 valence electrons. The van der Waals surface area contributed by atoms with Gasteiger partial charge in [-0.3, -0.25) is 14.7 Å². The maximum Gasteiger partial charge on any atom is 0.252 e. The molecule has 2 aromatic carbocycles. The number of carbonyl (C=O) groups excluding carboxylic acids is 1. The fraction of sp³-hybridized carbons (Fsp3) is 0.227. The van der Waals surface area contributed by atoms with E-state index in [-0.39, 0.29) is 11.9 Å². The van der Waals surface area contributed by atoms with Crippen molar-refractivity contribution < 1.29 is 9.18 Å². The Balaban J connectivity index is 2.00. The van der Waals surface area contributed by atoms with Gasteiger partial charge in [0, 0.05) is 27.6 Å². The fourth-order valence-electron chi connectivity index (χ4n) is 2.86. The van der Waals surface area contributed by atoms with Gasteiger partial charge >= 0.3 is 0 Å². The van der Waals surface area contributed by atoms with E-state index in [1.165, 1.54) is 12.1 Å². The molecule has 0 saturated heterocycles. The van der Waals surface area contributed by atoms with Crippen molar-refractivity contribution in [1.29, 1.82) is 5.26 Å². The lowest BCUT2D eigenvalue weighted by molar-refractivity contribution is 0.0906. The van der Waals surface area contributed by atoms with Gasteiger partial charge in [-0.15, -0.1) is 0 Å². The average molecular weight is 426 g/mol. The number of nitrogens with one attached hydrogen (secondary N) is 2. The van der Waals surface area contributed by atoms with Crippen LogP contribution in [-0.4, -0.2) is 22.6 Å². The summed E-state index contributed by atoms with van der Waals surface area (Å²) in [6.07, 6.45) is 2.87. The van der Waals surface area contributed by atoms with Gasteiger partial charge in [0.1, 0.15) is 12.0 Å². The second-order valence-electron chi connectivity index (χ2n) is 7.83. The molecule has 6 nitrogen and oxygen atoms in total. The van der Waals surface area contributed by atoms with Crippen molar-refractivity contribution in [2.45, 2.75) is 26.9 Å². The minimum Gasteiger partial charge on any atom is -0.330 e. The first-order chi connectivity index (χ1) is 14.2. The molecular weight excluding hydrogens is 405 g/mol. The molecule has 1 heterocycles.